The average molecular weight is 466 g/mol. The molecular formula is C28H32FNO4. The van der Waals surface area contributed by atoms with E-state index in [4.69, 9.17) is 14.2 Å². The lowest BCUT2D eigenvalue weighted by atomic mass is 10.1. The van der Waals surface area contributed by atoms with Crippen LogP contribution < -0.4 is 4.74 Å². The molecule has 3 aromatic rings. The minimum absolute atomic E-state index is 0.0996. The van der Waals surface area contributed by atoms with Gasteiger partial charge in [0.05, 0.1) is 12.7 Å². The second-order valence-corrected chi connectivity index (χ2v) is 9.11. The summed E-state index contributed by atoms with van der Waals surface area (Å²) in [7, 11) is 0. The number of aliphatic hydroxyl groups excluding tert-OH is 1. The van der Waals surface area contributed by atoms with E-state index in [0.29, 0.717) is 31.8 Å². The molecule has 1 aliphatic rings. The van der Waals surface area contributed by atoms with Crippen LogP contribution in [0.25, 0.3) is 0 Å². The Balaban J connectivity index is 1.43. The molecule has 1 fully saturated rings. The van der Waals surface area contributed by atoms with Crippen molar-refractivity contribution in [3.8, 4) is 5.75 Å². The van der Waals surface area contributed by atoms with E-state index in [1.165, 1.54) is 6.07 Å². The molecule has 1 saturated heterocycles. The smallest absolute Gasteiger partial charge is 0.165 e. The van der Waals surface area contributed by atoms with Gasteiger partial charge in [-0.05, 0) is 42.7 Å². The Bertz CT molecular complexity index is 1000. The number of nitrogens with zero attached hydrogens (tertiary/aromatic N) is 1. The molecular weight excluding hydrogens is 433 g/mol. The van der Waals surface area contributed by atoms with Crippen LogP contribution in [0.4, 0.5) is 4.39 Å². The zero-order valence-electron chi connectivity index (χ0n) is 19.7. The van der Waals surface area contributed by atoms with E-state index < -0.39 is 17.7 Å². The van der Waals surface area contributed by atoms with Gasteiger partial charge < -0.3 is 19.3 Å². The van der Waals surface area contributed by atoms with Gasteiger partial charge in [0.1, 0.15) is 12.7 Å². The van der Waals surface area contributed by atoms with Gasteiger partial charge in [-0.3, -0.25) is 4.90 Å². The van der Waals surface area contributed by atoms with Gasteiger partial charge in [0.15, 0.2) is 17.4 Å². The van der Waals surface area contributed by atoms with Crippen molar-refractivity contribution in [1.82, 2.24) is 4.90 Å². The minimum Gasteiger partial charge on any atom is -0.488 e. The molecule has 0 unspecified atom stereocenters. The summed E-state index contributed by atoms with van der Waals surface area (Å²) in [5.74, 6) is -1.03. The van der Waals surface area contributed by atoms with Crippen molar-refractivity contribution >= 4 is 0 Å². The molecule has 1 N–H and O–H groups in total. The Morgan fingerprint density at radius 3 is 2.18 bits per heavy atom. The number of hydrogen-bond donors (Lipinski definition) is 1. The summed E-state index contributed by atoms with van der Waals surface area (Å²) in [6, 6.07) is 24.8. The van der Waals surface area contributed by atoms with Crippen molar-refractivity contribution in [3.63, 3.8) is 0 Å². The lowest BCUT2D eigenvalue weighted by molar-refractivity contribution is -0.141. The number of rotatable bonds is 10. The predicted octanol–water partition coefficient (Wildman–Crippen LogP) is 5.09. The number of halogens is 1. The summed E-state index contributed by atoms with van der Waals surface area (Å²) in [5.41, 5.74) is 2.93. The molecule has 1 aliphatic heterocycles. The van der Waals surface area contributed by atoms with E-state index >= 15 is 0 Å². The number of benzene rings is 3. The summed E-state index contributed by atoms with van der Waals surface area (Å²) in [5, 5.41) is 11.0. The normalized spacial score (nSPS) is 18.2. The number of hydrogen-bond acceptors (Lipinski definition) is 5. The van der Waals surface area contributed by atoms with Crippen LogP contribution in [0.3, 0.4) is 0 Å². The van der Waals surface area contributed by atoms with E-state index in [-0.39, 0.29) is 18.5 Å². The fraction of sp³-hybridized carbons (Fsp3) is 0.357. The molecule has 2 atom stereocenters. The lowest BCUT2D eigenvalue weighted by Crippen LogP contribution is -2.28. The highest BCUT2D eigenvalue weighted by atomic mass is 19.1. The third kappa shape index (κ3) is 6.87. The monoisotopic (exact) mass is 465 g/mol. The Morgan fingerprint density at radius 1 is 1.00 bits per heavy atom. The maximum absolute atomic E-state index is 14.4. The first-order chi connectivity index (χ1) is 16.4. The number of ether oxygens (including phenoxy) is 3. The fourth-order valence-corrected chi connectivity index (χ4v) is 4.08. The molecule has 3 aromatic carbocycles. The SMILES string of the molecule is CC1(C)OC[C@H](COc2cc([C@H](O)CN(Cc3ccccc3)Cc3ccccc3)ccc2F)O1. The molecule has 0 saturated carbocycles. The highest BCUT2D eigenvalue weighted by Crippen LogP contribution is 2.27. The van der Waals surface area contributed by atoms with Gasteiger partial charge in [0.25, 0.3) is 0 Å². The van der Waals surface area contributed by atoms with Crippen LogP contribution in [0, 0.1) is 5.82 Å². The van der Waals surface area contributed by atoms with Gasteiger partial charge in [0.2, 0.25) is 0 Å². The minimum atomic E-state index is -0.805. The van der Waals surface area contributed by atoms with E-state index in [1.807, 2.05) is 50.2 Å². The molecule has 34 heavy (non-hydrogen) atoms. The van der Waals surface area contributed by atoms with Crippen LogP contribution in [0.5, 0.6) is 5.75 Å². The summed E-state index contributed by atoms with van der Waals surface area (Å²) in [4.78, 5) is 2.19. The Kier molecular flexibility index (Phi) is 7.95. The number of aliphatic hydroxyl groups is 1. The van der Waals surface area contributed by atoms with Gasteiger partial charge in [0, 0.05) is 19.6 Å². The van der Waals surface area contributed by atoms with E-state index in [0.717, 1.165) is 11.1 Å². The van der Waals surface area contributed by atoms with E-state index in [9.17, 15) is 9.50 Å². The van der Waals surface area contributed by atoms with Crippen LogP contribution in [-0.4, -0.2) is 41.7 Å². The summed E-state index contributed by atoms with van der Waals surface area (Å²) in [6.07, 6.45) is -1.07. The second-order valence-electron chi connectivity index (χ2n) is 9.11. The molecule has 0 aromatic heterocycles. The molecule has 4 rings (SSSR count). The van der Waals surface area contributed by atoms with Crippen molar-refractivity contribution in [3.05, 3.63) is 101 Å². The topological polar surface area (TPSA) is 51.2 Å². The largest absolute Gasteiger partial charge is 0.488 e. The van der Waals surface area contributed by atoms with Crippen molar-refractivity contribution in [2.45, 2.75) is 44.9 Å². The third-order valence-corrected chi connectivity index (χ3v) is 5.76. The van der Waals surface area contributed by atoms with Gasteiger partial charge in [-0.2, -0.15) is 0 Å². The van der Waals surface area contributed by atoms with Gasteiger partial charge in [-0.25, -0.2) is 4.39 Å². The first-order valence-electron chi connectivity index (χ1n) is 11.6. The van der Waals surface area contributed by atoms with E-state index in [1.54, 1.807) is 12.1 Å². The summed E-state index contributed by atoms with van der Waals surface area (Å²) < 4.78 is 31.4. The van der Waals surface area contributed by atoms with Crippen molar-refractivity contribution in [1.29, 1.82) is 0 Å². The van der Waals surface area contributed by atoms with Crippen LogP contribution in [-0.2, 0) is 22.6 Å². The highest BCUT2D eigenvalue weighted by molar-refractivity contribution is 5.32. The molecule has 0 spiro atoms. The molecule has 180 valence electrons. The predicted molar refractivity (Wildman–Crippen MR) is 129 cm³/mol. The van der Waals surface area contributed by atoms with Crippen LogP contribution in [0.2, 0.25) is 0 Å². The van der Waals surface area contributed by atoms with Crippen molar-refractivity contribution in [2.75, 3.05) is 19.8 Å². The molecule has 1 heterocycles. The zero-order valence-corrected chi connectivity index (χ0v) is 19.7. The summed E-state index contributed by atoms with van der Waals surface area (Å²) in [6.45, 7) is 6.00. The average Bonchev–Trinajstić information content (AvgIpc) is 3.18. The first-order valence-corrected chi connectivity index (χ1v) is 11.6. The maximum Gasteiger partial charge on any atom is 0.165 e. The standard InChI is InChI=1S/C28H32FNO4/c1-28(2)33-20-24(34-28)19-32-27-15-23(13-14-25(27)29)26(31)18-30(16-21-9-5-3-6-10-21)17-22-11-7-4-8-12-22/h3-15,24,26,31H,16-20H2,1-2H3/t24-,26+/m0/s1. The first kappa shape index (κ1) is 24.4. The van der Waals surface area contributed by atoms with Crippen molar-refractivity contribution in [2.24, 2.45) is 0 Å². The summed E-state index contributed by atoms with van der Waals surface area (Å²) >= 11 is 0. The molecule has 0 radical (unpaired) electrons. The van der Waals surface area contributed by atoms with Gasteiger partial charge in [-0.1, -0.05) is 66.7 Å². The second kappa shape index (κ2) is 11.1. The van der Waals surface area contributed by atoms with Crippen LogP contribution in [0.15, 0.2) is 78.9 Å². The van der Waals surface area contributed by atoms with Gasteiger partial charge >= 0.3 is 0 Å². The highest BCUT2D eigenvalue weighted by Gasteiger charge is 2.33. The van der Waals surface area contributed by atoms with E-state index in [2.05, 4.69) is 29.2 Å². The quantitative estimate of drug-likeness (QED) is 0.452. The Morgan fingerprint density at radius 2 is 1.62 bits per heavy atom. The zero-order chi connectivity index (χ0) is 24.0. The molecule has 5 nitrogen and oxygen atoms in total. The Hall–Kier alpha value is -2.77. The third-order valence-electron chi connectivity index (χ3n) is 5.76. The fourth-order valence-electron chi connectivity index (χ4n) is 4.08. The molecule has 0 bridgehead atoms. The Labute approximate surface area is 200 Å². The van der Waals surface area contributed by atoms with Crippen LogP contribution >= 0.6 is 0 Å². The molecule has 0 aliphatic carbocycles. The van der Waals surface area contributed by atoms with Crippen molar-refractivity contribution < 1.29 is 23.7 Å². The molecule has 6 heteroatoms. The van der Waals surface area contributed by atoms with Crippen LogP contribution in [0.1, 0.15) is 36.6 Å². The van der Waals surface area contributed by atoms with Gasteiger partial charge in [-0.15, -0.1) is 0 Å². The molecule has 0 amide bonds. The maximum atomic E-state index is 14.4. The lowest BCUT2D eigenvalue weighted by Gasteiger charge is -2.26.